The molecule has 0 spiro atoms. The number of fused-ring (bicyclic) bond motifs is 1. The van der Waals surface area contributed by atoms with Crippen LogP contribution in [0, 0.1) is 0 Å². The predicted molar refractivity (Wildman–Crippen MR) is 112 cm³/mol. The number of carbonyl (C=O) groups excluding carboxylic acids is 1. The molecule has 0 fully saturated rings. The van der Waals surface area contributed by atoms with Gasteiger partial charge in [-0.25, -0.2) is 4.98 Å². The van der Waals surface area contributed by atoms with E-state index in [4.69, 9.17) is 0 Å². The molecule has 1 N–H and O–H groups in total. The van der Waals surface area contributed by atoms with Gasteiger partial charge in [0.1, 0.15) is 5.03 Å². The van der Waals surface area contributed by atoms with Crippen molar-refractivity contribution in [3.05, 3.63) is 57.8 Å². The molecule has 0 saturated carbocycles. The lowest BCUT2D eigenvalue weighted by atomic mass is 10.1. The van der Waals surface area contributed by atoms with Crippen molar-refractivity contribution in [2.45, 2.75) is 43.9 Å². The Hall–Kier alpha value is -2.06. The van der Waals surface area contributed by atoms with Crippen LogP contribution < -0.4 is 5.32 Å². The van der Waals surface area contributed by atoms with Crippen molar-refractivity contribution in [1.29, 1.82) is 0 Å². The molecule has 1 amide bonds. The minimum absolute atomic E-state index is 0.243. The summed E-state index contributed by atoms with van der Waals surface area (Å²) in [5.41, 5.74) is -0.0998. The van der Waals surface area contributed by atoms with E-state index >= 15 is 0 Å². The summed E-state index contributed by atoms with van der Waals surface area (Å²) >= 11 is 2.96. The molecule has 3 aromatic rings. The van der Waals surface area contributed by atoms with Crippen LogP contribution in [0.1, 0.15) is 47.0 Å². The van der Waals surface area contributed by atoms with Gasteiger partial charge >= 0.3 is 6.18 Å². The number of pyridine rings is 1. The predicted octanol–water partition coefficient (Wildman–Crippen LogP) is 6.53. The van der Waals surface area contributed by atoms with Crippen LogP contribution in [0.4, 0.5) is 13.2 Å². The van der Waals surface area contributed by atoms with Crippen molar-refractivity contribution in [3.8, 4) is 0 Å². The molecular formula is C21H21F3N2OS2. The summed E-state index contributed by atoms with van der Waals surface area (Å²) in [6.07, 6.45) is -1.35. The van der Waals surface area contributed by atoms with Crippen LogP contribution >= 0.6 is 23.1 Å². The van der Waals surface area contributed by atoms with E-state index < -0.39 is 11.7 Å². The Morgan fingerprint density at radius 2 is 2.03 bits per heavy atom. The number of unbranched alkanes of at least 4 members (excludes halogenated alkanes) is 2. The lowest BCUT2D eigenvalue weighted by Gasteiger charge is -2.12. The summed E-state index contributed by atoms with van der Waals surface area (Å²) in [5, 5.41) is 5.80. The van der Waals surface area contributed by atoms with Crippen molar-refractivity contribution in [1.82, 2.24) is 10.3 Å². The quantitative estimate of drug-likeness (QED) is 0.321. The zero-order valence-corrected chi connectivity index (χ0v) is 17.5. The van der Waals surface area contributed by atoms with Gasteiger partial charge in [0.25, 0.3) is 5.91 Å². The van der Waals surface area contributed by atoms with Crippen LogP contribution in [0.5, 0.6) is 0 Å². The standard InChI is InChI=1S/C21H21F3N2OS2/c1-2-3-4-9-29-20-17(19(27)25-13-16-6-5-10-28-16)11-14-7-8-15(21(22,23)24)12-18(14)26-20/h5-8,10-12H,2-4,9,13H2,1H3,(H,25,27). The molecule has 0 atom stereocenters. The summed E-state index contributed by atoms with van der Waals surface area (Å²) in [6, 6.07) is 8.91. The zero-order valence-electron chi connectivity index (χ0n) is 15.9. The van der Waals surface area contributed by atoms with E-state index in [1.165, 1.54) is 17.8 Å². The number of thioether (sulfide) groups is 1. The Morgan fingerprint density at radius 1 is 1.21 bits per heavy atom. The topological polar surface area (TPSA) is 42.0 Å². The number of thiophene rings is 1. The van der Waals surface area contributed by atoms with Crippen LogP contribution in [0.25, 0.3) is 10.9 Å². The van der Waals surface area contributed by atoms with Crippen LogP contribution in [-0.2, 0) is 12.7 Å². The number of nitrogens with one attached hydrogen (secondary N) is 1. The average molecular weight is 439 g/mol. The highest BCUT2D eigenvalue weighted by Gasteiger charge is 2.30. The molecule has 2 heterocycles. The third-order valence-corrected chi connectivity index (χ3v) is 6.30. The molecule has 154 valence electrons. The van der Waals surface area contributed by atoms with Gasteiger partial charge in [0, 0.05) is 10.3 Å². The maximum atomic E-state index is 13.1. The highest BCUT2D eigenvalue weighted by molar-refractivity contribution is 7.99. The number of nitrogens with zero attached hydrogens (tertiary/aromatic N) is 1. The van der Waals surface area contributed by atoms with E-state index in [1.54, 1.807) is 17.4 Å². The van der Waals surface area contributed by atoms with Gasteiger partial charge in [0.05, 0.1) is 23.2 Å². The summed E-state index contributed by atoms with van der Waals surface area (Å²) in [5.74, 6) is 0.488. The summed E-state index contributed by atoms with van der Waals surface area (Å²) in [7, 11) is 0. The lowest BCUT2D eigenvalue weighted by Crippen LogP contribution is -2.23. The van der Waals surface area contributed by atoms with Crippen molar-refractivity contribution in [3.63, 3.8) is 0 Å². The van der Waals surface area contributed by atoms with Gasteiger partial charge in [-0.15, -0.1) is 23.1 Å². The largest absolute Gasteiger partial charge is 0.416 e. The van der Waals surface area contributed by atoms with Crippen LogP contribution in [0.2, 0.25) is 0 Å². The Balaban J connectivity index is 1.90. The second-order valence-corrected chi connectivity index (χ2v) is 8.68. The van der Waals surface area contributed by atoms with Gasteiger partial charge in [-0.3, -0.25) is 4.79 Å². The number of rotatable bonds is 8. The minimum atomic E-state index is -4.43. The molecule has 0 bridgehead atoms. The molecule has 0 radical (unpaired) electrons. The minimum Gasteiger partial charge on any atom is -0.347 e. The number of halogens is 3. The smallest absolute Gasteiger partial charge is 0.347 e. The van der Waals surface area contributed by atoms with Crippen molar-refractivity contribution in [2.24, 2.45) is 0 Å². The van der Waals surface area contributed by atoms with Gasteiger partial charge in [-0.05, 0) is 41.8 Å². The van der Waals surface area contributed by atoms with E-state index in [-0.39, 0.29) is 11.4 Å². The third kappa shape index (κ3) is 5.73. The maximum absolute atomic E-state index is 13.1. The van der Waals surface area contributed by atoms with Gasteiger partial charge in [0.15, 0.2) is 0 Å². The number of carbonyl (C=O) groups is 1. The maximum Gasteiger partial charge on any atom is 0.416 e. The molecule has 0 saturated heterocycles. The molecule has 2 aromatic heterocycles. The first-order valence-electron chi connectivity index (χ1n) is 9.34. The zero-order chi connectivity index (χ0) is 20.9. The number of benzene rings is 1. The summed E-state index contributed by atoms with van der Waals surface area (Å²) in [4.78, 5) is 18.2. The van der Waals surface area contributed by atoms with Crippen LogP contribution in [0.3, 0.4) is 0 Å². The van der Waals surface area contributed by atoms with E-state index in [0.29, 0.717) is 22.5 Å². The fraction of sp³-hybridized carbons (Fsp3) is 0.333. The number of alkyl halides is 3. The Morgan fingerprint density at radius 3 is 2.72 bits per heavy atom. The number of amides is 1. The van der Waals surface area contributed by atoms with Gasteiger partial charge in [-0.1, -0.05) is 31.9 Å². The first kappa shape index (κ1) is 21.6. The van der Waals surface area contributed by atoms with Crippen LogP contribution in [0.15, 0.2) is 46.8 Å². The Bertz CT molecular complexity index is 972. The van der Waals surface area contributed by atoms with Crippen molar-refractivity contribution >= 4 is 39.9 Å². The molecule has 0 unspecified atom stereocenters. The van der Waals surface area contributed by atoms with E-state index in [1.807, 2.05) is 17.5 Å². The fourth-order valence-corrected chi connectivity index (χ4v) is 4.45. The second-order valence-electron chi connectivity index (χ2n) is 6.56. The van der Waals surface area contributed by atoms with E-state index in [0.717, 1.165) is 42.0 Å². The molecule has 1 aromatic carbocycles. The highest BCUT2D eigenvalue weighted by Crippen LogP contribution is 2.33. The Kier molecular flexibility index (Phi) is 7.18. The molecule has 0 aliphatic rings. The monoisotopic (exact) mass is 438 g/mol. The van der Waals surface area contributed by atoms with Crippen LogP contribution in [-0.4, -0.2) is 16.6 Å². The molecule has 8 heteroatoms. The first-order chi connectivity index (χ1) is 13.9. The summed E-state index contributed by atoms with van der Waals surface area (Å²) in [6.45, 7) is 2.50. The molecule has 0 aliphatic carbocycles. The first-order valence-corrected chi connectivity index (χ1v) is 11.2. The average Bonchev–Trinajstić information content (AvgIpc) is 3.21. The Labute approximate surface area is 175 Å². The number of hydrogen-bond donors (Lipinski definition) is 1. The molecule has 3 rings (SSSR count). The fourth-order valence-electron chi connectivity index (χ4n) is 2.80. The normalized spacial score (nSPS) is 11.7. The number of hydrogen-bond acceptors (Lipinski definition) is 4. The van der Waals surface area contributed by atoms with E-state index in [2.05, 4.69) is 17.2 Å². The molecular weight excluding hydrogens is 417 g/mol. The second kappa shape index (κ2) is 9.63. The van der Waals surface area contributed by atoms with Crippen molar-refractivity contribution in [2.75, 3.05) is 5.75 Å². The lowest BCUT2D eigenvalue weighted by molar-refractivity contribution is -0.137. The molecule has 29 heavy (non-hydrogen) atoms. The summed E-state index contributed by atoms with van der Waals surface area (Å²) < 4.78 is 39.2. The van der Waals surface area contributed by atoms with Gasteiger partial charge < -0.3 is 5.32 Å². The third-order valence-electron chi connectivity index (χ3n) is 4.34. The number of aromatic nitrogens is 1. The highest BCUT2D eigenvalue weighted by atomic mass is 32.2. The molecule has 0 aliphatic heterocycles. The molecule has 3 nitrogen and oxygen atoms in total. The SMILES string of the molecule is CCCCCSc1nc2cc(C(F)(F)F)ccc2cc1C(=O)NCc1cccs1. The van der Waals surface area contributed by atoms with E-state index in [9.17, 15) is 18.0 Å². The van der Waals surface area contributed by atoms with Crippen molar-refractivity contribution < 1.29 is 18.0 Å². The van der Waals surface area contributed by atoms with Gasteiger partial charge in [-0.2, -0.15) is 13.2 Å². The van der Waals surface area contributed by atoms with Gasteiger partial charge in [0.2, 0.25) is 0 Å².